The Morgan fingerprint density at radius 3 is 2.70 bits per heavy atom. The van der Waals surface area contributed by atoms with Crippen molar-refractivity contribution in [1.29, 1.82) is 0 Å². The summed E-state index contributed by atoms with van der Waals surface area (Å²) in [7, 11) is 4.22. The average molecular weight is 343 g/mol. The van der Waals surface area contributed by atoms with E-state index in [9.17, 15) is 4.79 Å². The summed E-state index contributed by atoms with van der Waals surface area (Å²) in [4.78, 5) is 24.3. The highest BCUT2D eigenvalue weighted by Crippen LogP contribution is 2.24. The van der Waals surface area contributed by atoms with Gasteiger partial charge in [0.25, 0.3) is 5.56 Å². The maximum Gasteiger partial charge on any atom is 0.265 e. The Bertz CT molecular complexity index is 528. The predicted octanol–water partition coefficient (Wildman–Crippen LogP) is 1.96. The molecule has 0 radical (unpaired) electrons. The number of hydrogen-bond acceptors (Lipinski definition) is 4. The lowest BCUT2D eigenvalue weighted by molar-refractivity contribution is 0.218. The van der Waals surface area contributed by atoms with Crippen molar-refractivity contribution >= 4 is 15.9 Å². The SMILES string of the molecule is CC(C)c1nc(C2CN(C)CCCN2C)[nH]c(=O)c1Br. The van der Waals surface area contributed by atoms with Gasteiger partial charge in [-0.1, -0.05) is 13.8 Å². The molecular formula is C14H23BrN4O. The number of nitrogens with zero attached hydrogens (tertiary/aromatic N) is 3. The molecule has 0 bridgehead atoms. The number of rotatable bonds is 2. The zero-order valence-corrected chi connectivity index (χ0v) is 14.2. The lowest BCUT2D eigenvalue weighted by Crippen LogP contribution is -2.33. The molecule has 20 heavy (non-hydrogen) atoms. The molecule has 2 heterocycles. The van der Waals surface area contributed by atoms with Crippen molar-refractivity contribution < 1.29 is 0 Å². The molecule has 1 atom stereocenters. The van der Waals surface area contributed by atoms with Crippen LogP contribution >= 0.6 is 15.9 Å². The summed E-state index contributed by atoms with van der Waals surface area (Å²) in [6.45, 7) is 7.10. The van der Waals surface area contributed by atoms with Crippen LogP contribution in [0.15, 0.2) is 9.27 Å². The van der Waals surface area contributed by atoms with Crippen LogP contribution in [0.3, 0.4) is 0 Å². The van der Waals surface area contributed by atoms with E-state index in [2.05, 4.69) is 58.7 Å². The normalized spacial score (nSPS) is 22.2. The number of hydrogen-bond donors (Lipinski definition) is 1. The Labute approximate surface area is 128 Å². The van der Waals surface area contributed by atoms with E-state index in [0.29, 0.717) is 4.47 Å². The van der Waals surface area contributed by atoms with E-state index in [-0.39, 0.29) is 17.5 Å². The van der Waals surface area contributed by atoms with Gasteiger partial charge in [0, 0.05) is 6.54 Å². The Hall–Kier alpha value is -0.720. The van der Waals surface area contributed by atoms with Crippen molar-refractivity contribution in [1.82, 2.24) is 19.8 Å². The van der Waals surface area contributed by atoms with Gasteiger partial charge in [0.1, 0.15) is 10.3 Å². The Kier molecular flexibility index (Phi) is 4.99. The molecule has 1 aliphatic rings. The van der Waals surface area contributed by atoms with Crippen LogP contribution in [0.2, 0.25) is 0 Å². The zero-order valence-electron chi connectivity index (χ0n) is 12.6. The van der Waals surface area contributed by atoms with Gasteiger partial charge in [0.05, 0.1) is 11.7 Å². The zero-order chi connectivity index (χ0) is 14.9. The van der Waals surface area contributed by atoms with E-state index >= 15 is 0 Å². The number of aromatic nitrogens is 2. The Morgan fingerprint density at radius 2 is 2.05 bits per heavy atom. The van der Waals surface area contributed by atoms with Gasteiger partial charge in [-0.05, 0) is 55.5 Å². The first-order valence-electron chi connectivity index (χ1n) is 7.08. The second-order valence-corrected chi connectivity index (χ2v) is 6.71. The van der Waals surface area contributed by atoms with Crippen LogP contribution in [0.5, 0.6) is 0 Å². The number of H-pyrrole nitrogens is 1. The summed E-state index contributed by atoms with van der Waals surface area (Å²) in [5.74, 6) is 0.998. The second kappa shape index (κ2) is 6.37. The molecule has 1 aromatic heterocycles. The van der Waals surface area contributed by atoms with Crippen molar-refractivity contribution in [2.24, 2.45) is 0 Å². The molecule has 0 aromatic carbocycles. The van der Waals surface area contributed by atoms with Gasteiger partial charge in [-0.3, -0.25) is 9.69 Å². The first-order valence-corrected chi connectivity index (χ1v) is 7.87. The number of likely N-dealkylation sites (N-methyl/N-ethyl adjacent to an activating group) is 2. The van der Waals surface area contributed by atoms with Gasteiger partial charge in [0.15, 0.2) is 0 Å². The quantitative estimate of drug-likeness (QED) is 0.892. The first-order chi connectivity index (χ1) is 9.40. The second-order valence-electron chi connectivity index (χ2n) is 5.92. The molecule has 1 aliphatic heterocycles. The van der Waals surface area contributed by atoms with Crippen LogP contribution in [0.1, 0.15) is 43.7 Å². The highest BCUT2D eigenvalue weighted by Gasteiger charge is 2.25. The third-order valence-electron chi connectivity index (χ3n) is 3.84. The van der Waals surface area contributed by atoms with Gasteiger partial charge in [0.2, 0.25) is 0 Å². The molecular weight excluding hydrogens is 320 g/mol. The third kappa shape index (κ3) is 3.30. The van der Waals surface area contributed by atoms with E-state index in [0.717, 1.165) is 37.6 Å². The van der Waals surface area contributed by atoms with Crippen LogP contribution in [0, 0.1) is 0 Å². The number of halogens is 1. The maximum absolute atomic E-state index is 12.1. The van der Waals surface area contributed by atoms with E-state index < -0.39 is 0 Å². The molecule has 0 saturated carbocycles. The molecule has 1 unspecified atom stereocenters. The van der Waals surface area contributed by atoms with Crippen LogP contribution in [-0.2, 0) is 0 Å². The van der Waals surface area contributed by atoms with Crippen molar-refractivity contribution in [2.45, 2.75) is 32.2 Å². The molecule has 1 saturated heterocycles. The molecule has 6 heteroatoms. The summed E-state index contributed by atoms with van der Waals surface area (Å²) >= 11 is 3.35. The smallest absolute Gasteiger partial charge is 0.265 e. The summed E-state index contributed by atoms with van der Waals surface area (Å²) in [6, 6.07) is 0.140. The molecule has 0 spiro atoms. The molecule has 2 rings (SSSR count). The molecule has 112 valence electrons. The molecule has 0 aliphatic carbocycles. The van der Waals surface area contributed by atoms with Crippen LogP contribution in [0.25, 0.3) is 0 Å². The molecule has 5 nitrogen and oxygen atoms in total. The molecule has 1 fully saturated rings. The van der Waals surface area contributed by atoms with Gasteiger partial charge in [-0.15, -0.1) is 0 Å². The first kappa shape index (κ1) is 15.7. The molecule has 1 N–H and O–H groups in total. The van der Waals surface area contributed by atoms with E-state index in [4.69, 9.17) is 4.98 Å². The van der Waals surface area contributed by atoms with E-state index in [1.54, 1.807) is 0 Å². The minimum absolute atomic E-state index is 0.0843. The maximum atomic E-state index is 12.1. The highest BCUT2D eigenvalue weighted by atomic mass is 79.9. The fourth-order valence-electron chi connectivity index (χ4n) is 2.60. The topological polar surface area (TPSA) is 52.2 Å². The third-order valence-corrected chi connectivity index (χ3v) is 4.60. The monoisotopic (exact) mass is 342 g/mol. The summed E-state index contributed by atoms with van der Waals surface area (Å²) in [5, 5.41) is 0. The molecule has 0 amide bonds. The van der Waals surface area contributed by atoms with E-state index in [1.165, 1.54) is 0 Å². The fraction of sp³-hybridized carbons (Fsp3) is 0.714. The van der Waals surface area contributed by atoms with Crippen LogP contribution in [0.4, 0.5) is 0 Å². The van der Waals surface area contributed by atoms with Crippen molar-refractivity contribution in [3.63, 3.8) is 0 Å². The lowest BCUT2D eigenvalue weighted by Gasteiger charge is -2.27. The summed E-state index contributed by atoms with van der Waals surface area (Å²) < 4.78 is 0.556. The summed E-state index contributed by atoms with van der Waals surface area (Å²) in [5.41, 5.74) is 0.753. The standard InChI is InChI=1S/C14H23BrN4O/c1-9(2)12-11(15)14(20)17-13(16-12)10-8-18(3)6-5-7-19(10)4/h9-10H,5-8H2,1-4H3,(H,16,17,20). The number of nitrogens with one attached hydrogen (secondary N) is 1. The van der Waals surface area contributed by atoms with E-state index in [1.807, 2.05) is 0 Å². The minimum Gasteiger partial charge on any atom is -0.308 e. The number of aromatic amines is 1. The van der Waals surface area contributed by atoms with Gasteiger partial charge in [-0.25, -0.2) is 4.98 Å². The fourth-order valence-corrected chi connectivity index (χ4v) is 3.25. The predicted molar refractivity (Wildman–Crippen MR) is 84.1 cm³/mol. The highest BCUT2D eigenvalue weighted by molar-refractivity contribution is 9.10. The minimum atomic E-state index is -0.0843. The van der Waals surface area contributed by atoms with Crippen molar-refractivity contribution in [3.8, 4) is 0 Å². The van der Waals surface area contributed by atoms with Crippen LogP contribution in [-0.4, -0.2) is 53.5 Å². The summed E-state index contributed by atoms with van der Waals surface area (Å²) in [6.07, 6.45) is 1.14. The average Bonchev–Trinajstić information content (AvgIpc) is 2.54. The van der Waals surface area contributed by atoms with Gasteiger partial charge in [-0.2, -0.15) is 0 Å². The molecule has 1 aromatic rings. The Balaban J connectivity index is 2.43. The van der Waals surface area contributed by atoms with Crippen LogP contribution < -0.4 is 5.56 Å². The largest absolute Gasteiger partial charge is 0.308 e. The van der Waals surface area contributed by atoms with Gasteiger partial charge >= 0.3 is 0 Å². The lowest BCUT2D eigenvalue weighted by atomic mass is 10.1. The van der Waals surface area contributed by atoms with Crippen molar-refractivity contribution in [2.75, 3.05) is 33.7 Å². The van der Waals surface area contributed by atoms with Gasteiger partial charge < -0.3 is 9.88 Å². The Morgan fingerprint density at radius 1 is 1.35 bits per heavy atom. The van der Waals surface area contributed by atoms with Crippen molar-refractivity contribution in [3.05, 3.63) is 26.3 Å².